The molecule has 15 unspecified atom stereocenters. The van der Waals surface area contributed by atoms with Crippen LogP contribution in [0.15, 0.2) is 0 Å². The fourth-order valence-corrected chi connectivity index (χ4v) is 11.8. The van der Waals surface area contributed by atoms with Crippen LogP contribution in [0.1, 0.15) is 0 Å². The predicted molar refractivity (Wildman–Crippen MR) is 177 cm³/mol. The van der Waals surface area contributed by atoms with Gasteiger partial charge in [-0.05, 0) is 0 Å². The van der Waals surface area contributed by atoms with E-state index in [1.165, 1.54) is 24.5 Å². The van der Waals surface area contributed by atoms with Crippen molar-refractivity contribution < 1.29 is 64.2 Å². The monoisotopic (exact) mass is 763 g/mol. The molecule has 9 rings (SSSR count). The van der Waals surface area contributed by atoms with Crippen LogP contribution in [-0.2, 0) is 33.6 Å². The predicted octanol–water partition coefficient (Wildman–Crippen LogP) is -5.93. The molecule has 15 atom stereocenters. The minimum absolute atomic E-state index is 0.000453. The summed E-state index contributed by atoms with van der Waals surface area (Å²) in [6.07, 6.45) is -2.08. The van der Waals surface area contributed by atoms with Crippen LogP contribution in [0.4, 0.5) is 0 Å². The minimum atomic E-state index is -2.58. The quantitative estimate of drug-likeness (QED) is 0.141. The van der Waals surface area contributed by atoms with Crippen molar-refractivity contribution in [1.82, 2.24) is 44.1 Å². The molecule has 0 aliphatic carbocycles. The average Bonchev–Trinajstić information content (AvgIpc) is 3.34. The van der Waals surface area contributed by atoms with Crippen LogP contribution in [0.25, 0.3) is 0 Å². The highest BCUT2D eigenvalue weighted by atomic mass is 16.4. The van der Waals surface area contributed by atoms with Crippen LogP contribution in [0.3, 0.4) is 0 Å². The maximum Gasteiger partial charge on any atom is 0.341 e. The highest BCUT2D eigenvalue weighted by molar-refractivity contribution is 6.02. The van der Waals surface area contributed by atoms with E-state index in [-0.39, 0.29) is 105 Å². The average molecular weight is 764 g/mol. The van der Waals surface area contributed by atoms with Gasteiger partial charge in [0.05, 0.1) is 5.92 Å². The number of piperazine rings is 2. The van der Waals surface area contributed by atoms with Crippen molar-refractivity contribution in [3.63, 3.8) is 0 Å². The number of carbonyl (C=O) groups excluding carboxylic acids is 1. The molecule has 0 aromatic carbocycles. The third kappa shape index (κ3) is 4.83. The molecule has 9 bridgehead atoms. The molecular formula is C32H45N9O13. The van der Waals surface area contributed by atoms with E-state index in [1.54, 1.807) is 14.7 Å². The van der Waals surface area contributed by atoms with Crippen molar-refractivity contribution in [2.75, 3.05) is 105 Å². The second-order valence-corrected chi connectivity index (χ2v) is 15.5. The fraction of sp³-hybridized carbons (Fsp3) is 0.781. The van der Waals surface area contributed by atoms with Gasteiger partial charge in [-0.1, -0.05) is 0 Å². The lowest BCUT2D eigenvalue weighted by Crippen LogP contribution is -2.90. The summed E-state index contributed by atoms with van der Waals surface area (Å²) in [5, 5.41) is 67.2. The third-order valence-corrected chi connectivity index (χ3v) is 13.6. The maximum absolute atomic E-state index is 16.6. The molecule has 0 aromatic heterocycles. The van der Waals surface area contributed by atoms with Crippen molar-refractivity contribution in [2.45, 2.75) is 47.6 Å². The van der Waals surface area contributed by atoms with E-state index in [0.29, 0.717) is 0 Å². The number of aliphatic carboxylic acids is 6. The van der Waals surface area contributed by atoms with E-state index in [4.69, 9.17) is 0 Å². The third-order valence-electron chi connectivity index (χ3n) is 13.6. The highest BCUT2D eigenvalue weighted by Crippen LogP contribution is 2.52. The Hall–Kier alpha value is -4.03. The summed E-state index contributed by atoms with van der Waals surface area (Å²) in [6.45, 7) is -0.116. The Balaban J connectivity index is 1.54. The molecule has 54 heavy (non-hydrogen) atoms. The molecule has 0 radical (unpaired) electrons. The summed E-state index contributed by atoms with van der Waals surface area (Å²) in [6, 6.07) is -9.14. The van der Waals surface area contributed by atoms with E-state index in [9.17, 15) is 59.4 Å². The first kappa shape index (κ1) is 36.9. The van der Waals surface area contributed by atoms with Gasteiger partial charge in [-0.2, -0.15) is 0 Å². The van der Waals surface area contributed by atoms with Gasteiger partial charge >= 0.3 is 35.8 Å². The van der Waals surface area contributed by atoms with Crippen molar-refractivity contribution in [1.29, 1.82) is 0 Å². The molecule has 22 heteroatoms. The Labute approximate surface area is 308 Å². The van der Waals surface area contributed by atoms with Crippen molar-refractivity contribution in [3.8, 4) is 0 Å². The van der Waals surface area contributed by atoms with Crippen LogP contribution in [0.2, 0.25) is 0 Å². The first-order valence-electron chi connectivity index (χ1n) is 18.3. The van der Waals surface area contributed by atoms with E-state index in [1.807, 2.05) is 0 Å². The van der Waals surface area contributed by atoms with Crippen LogP contribution >= 0.6 is 0 Å². The molecule has 9 heterocycles. The van der Waals surface area contributed by atoms with Gasteiger partial charge < -0.3 is 30.6 Å². The molecule has 6 N–H and O–H groups in total. The lowest BCUT2D eigenvalue weighted by atomic mass is 9.68. The van der Waals surface area contributed by atoms with Gasteiger partial charge in [-0.3, -0.25) is 72.9 Å². The van der Waals surface area contributed by atoms with Crippen LogP contribution in [0.5, 0.6) is 0 Å². The number of carboxylic acid groups (broad SMARTS) is 6. The summed E-state index contributed by atoms with van der Waals surface area (Å²) in [4.78, 5) is 112. The van der Waals surface area contributed by atoms with Gasteiger partial charge in [0.25, 0.3) is 5.91 Å². The number of nitrogens with zero attached hydrogens (tertiary/aromatic N) is 9. The molecule has 0 saturated carbocycles. The lowest BCUT2D eigenvalue weighted by Gasteiger charge is -2.67. The lowest BCUT2D eigenvalue weighted by molar-refractivity contribution is -0.244. The number of carbonyl (C=O) groups is 7. The highest BCUT2D eigenvalue weighted by Gasteiger charge is 2.77. The van der Waals surface area contributed by atoms with Gasteiger partial charge in [0.1, 0.15) is 35.9 Å². The summed E-state index contributed by atoms with van der Waals surface area (Å²) in [5.74, 6) is -12.4. The Bertz CT molecular complexity index is 1670. The van der Waals surface area contributed by atoms with Crippen LogP contribution in [-0.4, -0.2) is 269 Å². The molecule has 22 nitrogen and oxygen atoms in total. The summed E-state index contributed by atoms with van der Waals surface area (Å²) in [7, 11) is 0. The summed E-state index contributed by atoms with van der Waals surface area (Å²) in [5.41, 5.74) is -5.15. The molecular weight excluding hydrogens is 718 g/mol. The Morgan fingerprint density at radius 2 is 0.778 bits per heavy atom. The minimum Gasteiger partial charge on any atom is -0.480 e. The first-order valence-corrected chi connectivity index (χ1v) is 18.3. The van der Waals surface area contributed by atoms with E-state index in [0.717, 1.165) is 4.90 Å². The Kier molecular flexibility index (Phi) is 8.91. The van der Waals surface area contributed by atoms with E-state index in [2.05, 4.69) is 0 Å². The second-order valence-electron chi connectivity index (χ2n) is 15.5. The van der Waals surface area contributed by atoms with Gasteiger partial charge in [-0.15, -0.1) is 0 Å². The van der Waals surface area contributed by atoms with Crippen molar-refractivity contribution in [3.05, 3.63) is 0 Å². The molecule has 9 saturated heterocycles. The molecule has 0 aromatic rings. The number of fused-ring (bicyclic) bond motifs is 8. The Morgan fingerprint density at radius 1 is 0.426 bits per heavy atom. The molecule has 1 amide bonds. The van der Waals surface area contributed by atoms with Crippen molar-refractivity contribution in [2.24, 2.45) is 5.92 Å². The smallest absolute Gasteiger partial charge is 0.341 e. The zero-order chi connectivity index (χ0) is 38.6. The van der Waals surface area contributed by atoms with Crippen LogP contribution in [0, 0.1) is 5.92 Å². The van der Waals surface area contributed by atoms with Gasteiger partial charge in [0.2, 0.25) is 0 Å². The summed E-state index contributed by atoms with van der Waals surface area (Å²) >= 11 is 0. The van der Waals surface area contributed by atoms with E-state index < -0.39 is 95.2 Å². The standard InChI is InChI=1S/C32H45N9O13/c42-24(43)18-17-19(25(44)45)34-2-1-33(18)3-4-37-11-16-40(15-9-34)32(17,22(37)28(50)51)41-23(29(52)53)38-8-7-35-5-6-36-10-13-39(14-12-38)31(30(41)54,20(35)26(46)47)21(36)27(48)49/h17-23H,1-16H2,(H,42,43)(H,44,45)(H,46,47)(H,48,49)(H,50,51)(H,52,53). The normalized spacial score (nSPS) is 46.0. The maximum atomic E-state index is 16.6. The largest absolute Gasteiger partial charge is 0.480 e. The molecule has 9 aliphatic rings. The molecule has 296 valence electrons. The topological polar surface area (TPSA) is 270 Å². The number of rotatable bonds is 7. The zero-order valence-electron chi connectivity index (χ0n) is 29.4. The zero-order valence-corrected chi connectivity index (χ0v) is 29.4. The van der Waals surface area contributed by atoms with Gasteiger partial charge in [0.15, 0.2) is 11.7 Å². The number of hydrogen-bond donors (Lipinski definition) is 6. The SMILES string of the molecule is O=C(O)C1C2C(C(=O)O)N3CCN1CCN1CCN(CC3)C2(N2C(=O)C34C(C(=O)O)N5CCN(CCN3CCN(CC5)C4C(=O)O)C2C(=O)O)C1C(=O)O. The van der Waals surface area contributed by atoms with Gasteiger partial charge in [-0.25, -0.2) is 4.79 Å². The molecule has 9 aliphatic heterocycles. The summed E-state index contributed by atoms with van der Waals surface area (Å²) < 4.78 is 0. The fourth-order valence-electron chi connectivity index (χ4n) is 11.8. The Morgan fingerprint density at radius 3 is 1.20 bits per heavy atom. The van der Waals surface area contributed by atoms with Crippen LogP contribution < -0.4 is 0 Å². The second kappa shape index (κ2) is 13.0. The molecule has 9 fully saturated rings. The molecule has 1 spiro atoms. The number of hydrogen-bond acceptors (Lipinski definition) is 15. The van der Waals surface area contributed by atoms with Gasteiger partial charge in [0, 0.05) is 105 Å². The van der Waals surface area contributed by atoms with Crippen molar-refractivity contribution >= 4 is 41.7 Å². The first-order chi connectivity index (χ1) is 25.7. The number of amides is 1. The van der Waals surface area contributed by atoms with E-state index >= 15 is 4.79 Å². The number of carboxylic acids is 6.